The van der Waals surface area contributed by atoms with Gasteiger partial charge in [0.2, 0.25) is 5.91 Å². The van der Waals surface area contributed by atoms with Crippen molar-refractivity contribution in [3.05, 3.63) is 71.8 Å². The molecular formula is C30H35F3N2O8. The second-order valence-electron chi connectivity index (χ2n) is 10.2. The molecule has 0 saturated heterocycles. The minimum Gasteiger partial charge on any atom is -0.542 e. The molecule has 1 fully saturated rings. The third kappa shape index (κ3) is 12.2. The third-order valence-electron chi connectivity index (χ3n) is 6.94. The maximum absolute atomic E-state index is 13.2. The van der Waals surface area contributed by atoms with E-state index in [2.05, 4.69) is 11.1 Å². The molecule has 0 unspecified atom stereocenters. The predicted octanol–water partition coefficient (Wildman–Crippen LogP) is 1.72. The molecule has 0 bridgehead atoms. The summed E-state index contributed by atoms with van der Waals surface area (Å²) in [7, 11) is 0. The Morgan fingerprint density at radius 1 is 0.953 bits per heavy atom. The average molecular weight is 609 g/mol. The van der Waals surface area contributed by atoms with Gasteiger partial charge in [-0.15, -0.1) is 0 Å². The van der Waals surface area contributed by atoms with Gasteiger partial charge in [0.15, 0.2) is 5.78 Å². The quantitative estimate of drug-likeness (QED) is 0.305. The number of quaternary nitrogens is 1. The summed E-state index contributed by atoms with van der Waals surface area (Å²) in [6.45, 7) is -0.333. The molecule has 2 aromatic rings. The number of hydrogen-bond acceptors (Lipinski definition) is 7. The Balaban J connectivity index is 0.000000821. The SMILES string of the molecule is O=C([O-])C(F)(F)F.[NH3+][C@@H](Cc1ccccc1)C(=O)C[C@@H](COC(=O)c1ccccc1)C(=O)N[C@H](C(=O)O)C1CCCCC1. The van der Waals surface area contributed by atoms with Crippen LogP contribution in [-0.2, 0) is 30.3 Å². The van der Waals surface area contributed by atoms with Crippen LogP contribution >= 0.6 is 0 Å². The Hall–Kier alpha value is -4.26. The van der Waals surface area contributed by atoms with E-state index in [0.717, 1.165) is 37.7 Å². The zero-order valence-electron chi connectivity index (χ0n) is 23.4. The lowest BCUT2D eigenvalue weighted by Gasteiger charge is -2.29. The first kappa shape index (κ1) is 34.9. The minimum absolute atomic E-state index is 0.165. The number of Topliss-reactive ketones (excluding diaryl/α,β-unsaturated/α-hetero) is 1. The zero-order chi connectivity index (χ0) is 32.0. The van der Waals surface area contributed by atoms with Gasteiger partial charge in [0.05, 0.1) is 11.5 Å². The highest BCUT2D eigenvalue weighted by atomic mass is 19.4. The molecule has 1 aliphatic rings. The number of carboxylic acids is 2. The lowest BCUT2D eigenvalue weighted by atomic mass is 9.83. The van der Waals surface area contributed by atoms with Crippen molar-refractivity contribution in [1.82, 2.24) is 5.32 Å². The van der Waals surface area contributed by atoms with Crippen molar-refractivity contribution in [2.24, 2.45) is 11.8 Å². The monoisotopic (exact) mass is 608 g/mol. The number of esters is 1. The number of carboxylic acid groups (broad SMARTS) is 2. The molecule has 0 heterocycles. The van der Waals surface area contributed by atoms with Crippen LogP contribution in [-0.4, -0.2) is 59.6 Å². The number of rotatable bonds is 12. The maximum atomic E-state index is 13.2. The number of ether oxygens (including phenoxy) is 1. The van der Waals surface area contributed by atoms with E-state index in [0.29, 0.717) is 12.0 Å². The Morgan fingerprint density at radius 3 is 2.00 bits per heavy atom. The van der Waals surface area contributed by atoms with Crippen LogP contribution in [0, 0.1) is 11.8 Å². The van der Waals surface area contributed by atoms with Crippen LogP contribution in [0.15, 0.2) is 60.7 Å². The smallest absolute Gasteiger partial charge is 0.430 e. The molecule has 0 aromatic heterocycles. The molecule has 1 aliphatic carbocycles. The molecule has 234 valence electrons. The average Bonchev–Trinajstić information content (AvgIpc) is 2.98. The van der Waals surface area contributed by atoms with Crippen LogP contribution in [0.4, 0.5) is 13.2 Å². The molecular weight excluding hydrogens is 573 g/mol. The molecule has 0 radical (unpaired) electrons. The summed E-state index contributed by atoms with van der Waals surface area (Å²) in [5, 5.41) is 21.2. The summed E-state index contributed by atoms with van der Waals surface area (Å²) >= 11 is 0. The summed E-state index contributed by atoms with van der Waals surface area (Å²) in [5.41, 5.74) is 5.24. The molecule has 0 aliphatic heterocycles. The van der Waals surface area contributed by atoms with Gasteiger partial charge in [0.1, 0.15) is 24.7 Å². The van der Waals surface area contributed by atoms with E-state index >= 15 is 0 Å². The van der Waals surface area contributed by atoms with E-state index in [1.54, 1.807) is 30.3 Å². The third-order valence-corrected chi connectivity index (χ3v) is 6.94. The number of nitrogens with one attached hydrogen (secondary N) is 1. The highest BCUT2D eigenvalue weighted by Crippen LogP contribution is 2.27. The number of hydrogen-bond donors (Lipinski definition) is 3. The van der Waals surface area contributed by atoms with E-state index in [1.165, 1.54) is 0 Å². The number of aliphatic carboxylic acids is 2. The van der Waals surface area contributed by atoms with Crippen molar-refractivity contribution in [2.75, 3.05) is 6.61 Å². The molecule has 10 nitrogen and oxygen atoms in total. The fourth-order valence-corrected chi connectivity index (χ4v) is 4.60. The van der Waals surface area contributed by atoms with E-state index in [-0.39, 0.29) is 24.7 Å². The summed E-state index contributed by atoms with van der Waals surface area (Å²) < 4.78 is 36.9. The molecule has 1 saturated carbocycles. The van der Waals surface area contributed by atoms with Crippen molar-refractivity contribution in [3.63, 3.8) is 0 Å². The molecule has 3 rings (SSSR count). The van der Waals surface area contributed by atoms with Crippen LogP contribution < -0.4 is 16.2 Å². The summed E-state index contributed by atoms with van der Waals surface area (Å²) in [6, 6.07) is 16.2. The van der Waals surface area contributed by atoms with Gasteiger partial charge in [-0.1, -0.05) is 67.8 Å². The van der Waals surface area contributed by atoms with E-state index in [1.807, 2.05) is 30.3 Å². The van der Waals surface area contributed by atoms with E-state index < -0.39 is 48.0 Å². The van der Waals surface area contributed by atoms with Crippen LogP contribution in [0.2, 0.25) is 0 Å². The fourth-order valence-electron chi connectivity index (χ4n) is 4.60. The molecule has 1 amide bonds. The van der Waals surface area contributed by atoms with Gasteiger partial charge in [-0.05, 0) is 36.5 Å². The van der Waals surface area contributed by atoms with Gasteiger partial charge in [-0.25, -0.2) is 9.59 Å². The van der Waals surface area contributed by atoms with Crippen LogP contribution in [0.25, 0.3) is 0 Å². The van der Waals surface area contributed by atoms with E-state index in [9.17, 15) is 37.5 Å². The Morgan fingerprint density at radius 2 is 1.49 bits per heavy atom. The number of alkyl halides is 3. The van der Waals surface area contributed by atoms with Crippen molar-refractivity contribution >= 4 is 29.6 Å². The largest absolute Gasteiger partial charge is 0.542 e. The molecule has 43 heavy (non-hydrogen) atoms. The summed E-state index contributed by atoms with van der Waals surface area (Å²) in [6.07, 6.45) is -0.643. The van der Waals surface area contributed by atoms with Crippen molar-refractivity contribution in [1.29, 1.82) is 0 Å². The Labute approximate surface area is 246 Å². The molecule has 2 aromatic carbocycles. The van der Waals surface area contributed by atoms with Crippen molar-refractivity contribution < 1.29 is 57.8 Å². The van der Waals surface area contributed by atoms with Crippen molar-refractivity contribution in [3.8, 4) is 0 Å². The highest BCUT2D eigenvalue weighted by Gasteiger charge is 2.35. The first-order valence-electron chi connectivity index (χ1n) is 13.7. The second-order valence-corrected chi connectivity index (χ2v) is 10.2. The zero-order valence-corrected chi connectivity index (χ0v) is 23.4. The fraction of sp³-hybridized carbons (Fsp3) is 0.433. The number of benzene rings is 2. The molecule has 5 N–H and O–H groups in total. The van der Waals surface area contributed by atoms with Gasteiger partial charge in [-0.2, -0.15) is 13.2 Å². The molecule has 3 atom stereocenters. The van der Waals surface area contributed by atoms with Crippen molar-refractivity contribution in [2.45, 2.75) is 63.2 Å². The first-order valence-corrected chi connectivity index (χ1v) is 13.7. The van der Waals surface area contributed by atoms with Crippen LogP contribution in [0.3, 0.4) is 0 Å². The first-order chi connectivity index (χ1) is 20.3. The number of ketones is 1. The lowest BCUT2D eigenvalue weighted by Crippen LogP contribution is -2.66. The molecule has 13 heteroatoms. The summed E-state index contributed by atoms with van der Waals surface area (Å²) in [5.74, 6) is -6.75. The number of halogens is 3. The van der Waals surface area contributed by atoms with E-state index in [4.69, 9.17) is 14.6 Å². The van der Waals surface area contributed by atoms with Crippen LogP contribution in [0.1, 0.15) is 54.4 Å². The van der Waals surface area contributed by atoms with Gasteiger partial charge >= 0.3 is 18.1 Å². The Kier molecular flexibility index (Phi) is 13.8. The maximum Gasteiger partial charge on any atom is 0.430 e. The topological polar surface area (TPSA) is 178 Å². The predicted molar refractivity (Wildman–Crippen MR) is 144 cm³/mol. The second kappa shape index (κ2) is 17.0. The minimum atomic E-state index is -5.19. The van der Waals surface area contributed by atoms with Crippen LogP contribution in [0.5, 0.6) is 0 Å². The Bertz CT molecular complexity index is 1220. The number of carbonyl (C=O) groups excluding carboxylic acids is 4. The molecule has 0 spiro atoms. The number of carbonyl (C=O) groups is 5. The van der Waals surface area contributed by atoms with Gasteiger partial charge in [-0.3, -0.25) is 9.59 Å². The van der Waals surface area contributed by atoms with Gasteiger partial charge < -0.3 is 30.8 Å². The summed E-state index contributed by atoms with van der Waals surface area (Å²) in [4.78, 5) is 59.4. The lowest BCUT2D eigenvalue weighted by molar-refractivity contribution is -0.402. The van der Waals surface area contributed by atoms with Gasteiger partial charge in [0, 0.05) is 12.8 Å². The standard InChI is InChI=1S/C28H34N2O6.C2HF3O2/c29-23(16-19-10-4-1-5-11-19)24(31)17-22(18-36-28(35)21-14-8-3-9-15-21)26(32)30-25(27(33)34)20-12-6-2-7-13-20;3-2(4,5)1(6)7/h1,3-5,8-11,14-15,20,22-23,25H,2,6-7,12-13,16-18,29H2,(H,30,32)(H,33,34);(H,6,7)/t22-,23-,25-;/m0./s1. The van der Waals surface area contributed by atoms with Gasteiger partial charge in [0.25, 0.3) is 0 Å². The number of amides is 1. The normalized spacial score (nSPS) is 15.5. The highest BCUT2D eigenvalue weighted by molar-refractivity contribution is 5.92.